The van der Waals surface area contributed by atoms with Crippen LogP contribution < -0.4 is 17.1 Å². The summed E-state index contributed by atoms with van der Waals surface area (Å²) in [5.41, 5.74) is 3.28. The molecule has 0 saturated carbocycles. The number of hydrazone groups is 1. The van der Waals surface area contributed by atoms with Gasteiger partial charge in [0.2, 0.25) is 0 Å². The first kappa shape index (κ1) is 10.6. The number of nitrogens with zero attached hydrogens (tertiary/aromatic N) is 1. The number of hydrogen-bond donors (Lipinski definition) is 3. The second-order valence-electron chi connectivity index (χ2n) is 1.98. The van der Waals surface area contributed by atoms with Crippen LogP contribution in [0.1, 0.15) is 5.56 Å². The Hall–Kier alpha value is -1.39. The van der Waals surface area contributed by atoms with E-state index in [0.29, 0.717) is 0 Å². The molecule has 0 spiro atoms. The van der Waals surface area contributed by atoms with Crippen molar-refractivity contribution in [3.63, 3.8) is 0 Å². The van der Waals surface area contributed by atoms with Crippen LogP contribution in [0.25, 0.3) is 0 Å². The molecule has 1 aromatic carbocycles. The minimum atomic E-state index is 1.03. The van der Waals surface area contributed by atoms with Crippen molar-refractivity contribution < 1.29 is 0 Å². The number of hydrogen-bond acceptors (Lipinski definition) is 4. The molecule has 0 fully saturated rings. The fourth-order valence-electron chi connectivity index (χ4n) is 0.625. The highest BCUT2D eigenvalue weighted by molar-refractivity contribution is 5.78. The average molecular weight is 166 g/mol. The van der Waals surface area contributed by atoms with Gasteiger partial charge in [0.25, 0.3) is 0 Å². The molecule has 0 aliphatic carbocycles. The summed E-state index contributed by atoms with van der Waals surface area (Å²) in [4.78, 5) is 0. The summed E-state index contributed by atoms with van der Waals surface area (Å²) >= 11 is 0. The number of nitrogens with one attached hydrogen (secondary N) is 1. The van der Waals surface area contributed by atoms with Crippen LogP contribution in [0.3, 0.4) is 0 Å². The van der Waals surface area contributed by atoms with E-state index in [1.165, 1.54) is 0 Å². The lowest BCUT2D eigenvalue weighted by Gasteiger charge is -1.85. The number of hydrazine groups is 1. The van der Waals surface area contributed by atoms with Crippen molar-refractivity contribution in [2.24, 2.45) is 16.8 Å². The van der Waals surface area contributed by atoms with E-state index in [0.717, 1.165) is 5.56 Å². The Morgan fingerprint density at radius 2 is 1.83 bits per heavy atom. The Labute approximate surface area is 72.2 Å². The van der Waals surface area contributed by atoms with Crippen molar-refractivity contribution in [2.45, 2.75) is 0 Å². The topological polar surface area (TPSA) is 76.4 Å². The van der Waals surface area contributed by atoms with Crippen LogP contribution in [-0.4, -0.2) is 13.3 Å². The molecule has 0 radical (unpaired) electrons. The van der Waals surface area contributed by atoms with Gasteiger partial charge in [-0.2, -0.15) is 5.10 Å². The maximum atomic E-state index is 4.93. The molecule has 0 aromatic heterocycles. The Morgan fingerprint density at radius 3 is 2.25 bits per heavy atom. The van der Waals surface area contributed by atoms with Gasteiger partial charge in [-0.15, -0.1) is 0 Å². The normalized spacial score (nSPS) is 9.17. The van der Waals surface area contributed by atoms with Crippen LogP contribution in [0.2, 0.25) is 0 Å². The Bertz CT molecular complexity index is 208. The molecule has 4 nitrogen and oxygen atoms in total. The minimum absolute atomic E-state index is 1.03. The summed E-state index contributed by atoms with van der Waals surface area (Å²) < 4.78 is 0. The number of benzene rings is 1. The summed E-state index contributed by atoms with van der Waals surface area (Å²) in [6.07, 6.45) is 1.61. The van der Waals surface area contributed by atoms with Crippen molar-refractivity contribution >= 4 is 6.21 Å². The molecular formula is C8H14N4. The van der Waals surface area contributed by atoms with Crippen molar-refractivity contribution in [1.29, 1.82) is 0 Å². The van der Waals surface area contributed by atoms with Crippen molar-refractivity contribution in [3.8, 4) is 0 Å². The minimum Gasteiger partial charge on any atom is -0.323 e. The molecule has 0 bridgehead atoms. The summed E-state index contributed by atoms with van der Waals surface area (Å²) in [6.45, 7) is 0. The van der Waals surface area contributed by atoms with Crippen LogP contribution >= 0.6 is 0 Å². The zero-order chi connectivity index (χ0) is 9.23. The maximum Gasteiger partial charge on any atom is 0.0538 e. The van der Waals surface area contributed by atoms with Gasteiger partial charge < -0.3 is 5.84 Å². The lowest BCUT2D eigenvalue weighted by Crippen LogP contribution is -2.13. The smallest absolute Gasteiger partial charge is 0.0538 e. The summed E-state index contributed by atoms with van der Waals surface area (Å²) in [5, 5.41) is 3.38. The van der Waals surface area contributed by atoms with E-state index in [1.807, 2.05) is 30.3 Å². The van der Waals surface area contributed by atoms with E-state index < -0.39 is 0 Å². The largest absolute Gasteiger partial charge is 0.323 e. The zero-order valence-corrected chi connectivity index (χ0v) is 7.07. The van der Waals surface area contributed by atoms with Crippen molar-refractivity contribution in [3.05, 3.63) is 35.9 Å². The maximum absolute atomic E-state index is 4.93. The van der Waals surface area contributed by atoms with Gasteiger partial charge in [0, 0.05) is 0 Å². The summed E-state index contributed by atoms with van der Waals surface area (Å²) in [7, 11) is 1.65. The van der Waals surface area contributed by atoms with Gasteiger partial charge in [-0.3, -0.25) is 11.3 Å². The molecule has 1 rings (SSSR count). The second kappa shape index (κ2) is 7.71. The molecule has 0 saturated heterocycles. The van der Waals surface area contributed by atoms with E-state index >= 15 is 0 Å². The lowest BCUT2D eigenvalue weighted by molar-refractivity contribution is 0.900. The number of rotatable bonds is 1. The third-order valence-electron chi connectivity index (χ3n) is 1.02. The first-order chi connectivity index (χ1) is 5.85. The molecule has 0 amide bonds. The lowest BCUT2D eigenvalue weighted by atomic mass is 10.2. The highest BCUT2D eigenvalue weighted by Gasteiger charge is 1.79. The van der Waals surface area contributed by atoms with E-state index in [4.69, 9.17) is 5.84 Å². The molecule has 12 heavy (non-hydrogen) atoms. The SMILES string of the molecule is CNN.NN=Cc1ccccc1. The van der Waals surface area contributed by atoms with Crippen LogP contribution in [-0.2, 0) is 0 Å². The van der Waals surface area contributed by atoms with Gasteiger partial charge >= 0.3 is 0 Å². The van der Waals surface area contributed by atoms with Gasteiger partial charge in [0.15, 0.2) is 0 Å². The molecule has 5 N–H and O–H groups in total. The fraction of sp³-hybridized carbons (Fsp3) is 0.125. The average Bonchev–Trinajstić information content (AvgIpc) is 2.08. The van der Waals surface area contributed by atoms with Crippen LogP contribution in [0, 0.1) is 0 Å². The first-order valence-electron chi connectivity index (χ1n) is 3.50. The third-order valence-corrected chi connectivity index (χ3v) is 1.02. The van der Waals surface area contributed by atoms with Crippen LogP contribution in [0.4, 0.5) is 0 Å². The third kappa shape index (κ3) is 5.40. The number of nitrogens with two attached hydrogens (primary N) is 2. The highest BCUT2D eigenvalue weighted by atomic mass is 15.2. The molecule has 0 aliphatic heterocycles. The standard InChI is InChI=1S/C7H8N2.CH6N2/c8-9-6-7-4-2-1-3-5-7;1-3-2/h1-6H,8H2;3H,2H2,1H3. The summed E-state index contributed by atoms with van der Waals surface area (Å²) in [6, 6.07) is 9.72. The van der Waals surface area contributed by atoms with E-state index in [2.05, 4.69) is 16.4 Å². The second-order valence-corrected chi connectivity index (χ2v) is 1.98. The van der Waals surface area contributed by atoms with Crippen LogP contribution in [0.5, 0.6) is 0 Å². The molecule has 4 heteroatoms. The molecule has 1 aromatic rings. The van der Waals surface area contributed by atoms with Gasteiger partial charge in [-0.1, -0.05) is 30.3 Å². The predicted molar refractivity (Wildman–Crippen MR) is 51.5 cm³/mol. The molecule has 0 heterocycles. The van der Waals surface area contributed by atoms with Gasteiger partial charge in [-0.05, 0) is 12.6 Å². The molecule has 0 unspecified atom stereocenters. The van der Waals surface area contributed by atoms with Gasteiger partial charge in [0.05, 0.1) is 6.21 Å². The van der Waals surface area contributed by atoms with Crippen molar-refractivity contribution in [2.75, 3.05) is 7.05 Å². The molecule has 0 aliphatic rings. The Kier molecular flexibility index (Phi) is 6.82. The predicted octanol–water partition coefficient (Wildman–Crippen LogP) is 0.0587. The van der Waals surface area contributed by atoms with E-state index in [-0.39, 0.29) is 0 Å². The highest BCUT2D eigenvalue weighted by Crippen LogP contribution is 1.92. The monoisotopic (exact) mass is 166 g/mol. The quantitative estimate of drug-likeness (QED) is 0.313. The Balaban J connectivity index is 0.000000354. The van der Waals surface area contributed by atoms with Crippen molar-refractivity contribution in [1.82, 2.24) is 5.43 Å². The van der Waals surface area contributed by atoms with E-state index in [1.54, 1.807) is 13.3 Å². The molecule has 0 atom stereocenters. The molecular weight excluding hydrogens is 152 g/mol. The Morgan fingerprint density at radius 1 is 1.33 bits per heavy atom. The van der Waals surface area contributed by atoms with Gasteiger partial charge in [-0.25, -0.2) is 0 Å². The molecule has 66 valence electrons. The van der Waals surface area contributed by atoms with Crippen LogP contribution in [0.15, 0.2) is 35.4 Å². The summed E-state index contributed by atoms with van der Waals surface area (Å²) in [5.74, 6) is 9.53. The first-order valence-corrected chi connectivity index (χ1v) is 3.50. The fourth-order valence-corrected chi connectivity index (χ4v) is 0.625. The zero-order valence-electron chi connectivity index (χ0n) is 7.07. The van der Waals surface area contributed by atoms with E-state index in [9.17, 15) is 0 Å². The van der Waals surface area contributed by atoms with Gasteiger partial charge in [0.1, 0.15) is 0 Å².